The molecule has 0 bridgehead atoms. The van der Waals surface area contributed by atoms with Gasteiger partial charge in [0, 0.05) is 12.0 Å². The summed E-state index contributed by atoms with van der Waals surface area (Å²) in [5, 5.41) is 15.9. The van der Waals surface area contributed by atoms with Crippen LogP contribution in [0.5, 0.6) is 0 Å². The van der Waals surface area contributed by atoms with Crippen molar-refractivity contribution in [3.05, 3.63) is 55.9 Å². The molecule has 0 aliphatic carbocycles. The van der Waals surface area contributed by atoms with Crippen molar-refractivity contribution in [2.24, 2.45) is 0 Å². The van der Waals surface area contributed by atoms with Gasteiger partial charge in [0.2, 0.25) is 15.3 Å². The number of benzene rings is 1. The number of H-pyrrole nitrogens is 2. The number of thiophene rings is 1. The highest BCUT2D eigenvalue weighted by Gasteiger charge is 2.28. The van der Waals surface area contributed by atoms with E-state index in [4.69, 9.17) is 24.4 Å². The maximum absolute atomic E-state index is 5.51. The molecular formula is C18H16N7S3+. The number of aromatic amines is 2. The summed E-state index contributed by atoms with van der Waals surface area (Å²) in [7, 11) is 0. The van der Waals surface area contributed by atoms with E-state index in [0.29, 0.717) is 15.3 Å². The van der Waals surface area contributed by atoms with Crippen LogP contribution in [0.2, 0.25) is 0 Å². The fourth-order valence-corrected chi connectivity index (χ4v) is 6.13. The molecule has 28 heavy (non-hydrogen) atoms. The zero-order valence-electron chi connectivity index (χ0n) is 14.7. The summed E-state index contributed by atoms with van der Waals surface area (Å²) >= 11 is 12.8. The minimum Gasteiger partial charge on any atom is -0.326 e. The Morgan fingerprint density at radius 3 is 2.71 bits per heavy atom. The second-order valence-electron chi connectivity index (χ2n) is 7.13. The van der Waals surface area contributed by atoms with Gasteiger partial charge in [-0.1, -0.05) is 30.3 Å². The predicted octanol–water partition coefficient (Wildman–Crippen LogP) is 2.45. The number of hydrogen-bond acceptors (Lipinski definition) is 5. The Balaban J connectivity index is 1.56. The van der Waals surface area contributed by atoms with Gasteiger partial charge in [0.1, 0.15) is 17.9 Å². The highest BCUT2D eigenvalue weighted by atomic mass is 32.1. The number of nitrogens with one attached hydrogen (secondary N) is 3. The lowest BCUT2D eigenvalue weighted by Crippen LogP contribution is -3.10. The lowest BCUT2D eigenvalue weighted by Gasteiger charge is -2.24. The molecule has 0 saturated carbocycles. The van der Waals surface area contributed by atoms with Gasteiger partial charge in [-0.2, -0.15) is 5.10 Å². The van der Waals surface area contributed by atoms with Crippen molar-refractivity contribution in [2.75, 3.05) is 6.54 Å². The van der Waals surface area contributed by atoms with Crippen molar-refractivity contribution in [3.63, 3.8) is 0 Å². The highest BCUT2D eigenvalue weighted by Crippen LogP contribution is 2.35. The van der Waals surface area contributed by atoms with E-state index in [1.54, 1.807) is 16.2 Å². The van der Waals surface area contributed by atoms with Gasteiger partial charge in [-0.05, 0) is 30.0 Å². The number of fused-ring (bicyclic) bond motifs is 8. The molecule has 3 N–H and O–H groups in total. The summed E-state index contributed by atoms with van der Waals surface area (Å²) in [6.07, 6.45) is 1.02. The van der Waals surface area contributed by atoms with Crippen LogP contribution in [0.4, 0.5) is 0 Å². The molecular weight excluding hydrogens is 410 g/mol. The molecule has 6 rings (SSSR count). The molecule has 4 aromatic heterocycles. The molecule has 5 heterocycles. The predicted molar refractivity (Wildman–Crippen MR) is 113 cm³/mol. The van der Waals surface area contributed by atoms with Gasteiger partial charge in [-0.3, -0.25) is 5.10 Å². The summed E-state index contributed by atoms with van der Waals surface area (Å²) in [5.41, 5.74) is 3.59. The van der Waals surface area contributed by atoms with Gasteiger partial charge < -0.3 is 4.90 Å². The van der Waals surface area contributed by atoms with Gasteiger partial charge >= 0.3 is 0 Å². The second-order valence-corrected chi connectivity index (χ2v) is 8.98. The molecule has 140 valence electrons. The molecule has 1 aromatic carbocycles. The fourth-order valence-electron chi connectivity index (χ4n) is 4.22. The highest BCUT2D eigenvalue weighted by molar-refractivity contribution is 7.71. The van der Waals surface area contributed by atoms with E-state index in [1.807, 2.05) is 8.80 Å². The number of rotatable bonds is 2. The third-order valence-electron chi connectivity index (χ3n) is 5.46. The van der Waals surface area contributed by atoms with E-state index in [9.17, 15) is 0 Å². The first-order valence-corrected chi connectivity index (χ1v) is 10.7. The van der Waals surface area contributed by atoms with Crippen LogP contribution in [0.1, 0.15) is 16.0 Å². The van der Waals surface area contributed by atoms with E-state index in [0.717, 1.165) is 41.9 Å². The topological polar surface area (TPSA) is 70.6 Å². The van der Waals surface area contributed by atoms with E-state index < -0.39 is 0 Å². The molecule has 0 saturated heterocycles. The number of hydrogen-bond donors (Lipinski definition) is 3. The molecule has 0 spiro atoms. The maximum Gasteiger partial charge on any atom is 0.243 e. The molecule has 5 aromatic rings. The minimum atomic E-state index is 0.531. The molecule has 0 fully saturated rings. The number of nitrogens with zero attached hydrogens (tertiary/aromatic N) is 4. The number of quaternary nitrogens is 1. The van der Waals surface area contributed by atoms with Gasteiger partial charge in [0.05, 0.1) is 16.8 Å². The SMILES string of the molecule is S=c1[nH]nc2c3c4c(sc3n3c(=S)[nH]nc3n12)C[NH+](Cc1ccccc1)CC4. The van der Waals surface area contributed by atoms with Crippen molar-refractivity contribution in [3.8, 4) is 0 Å². The fraction of sp³-hybridized carbons (Fsp3) is 0.222. The van der Waals surface area contributed by atoms with E-state index in [-0.39, 0.29) is 0 Å². The number of aromatic nitrogens is 6. The van der Waals surface area contributed by atoms with Crippen LogP contribution in [0.25, 0.3) is 21.6 Å². The molecule has 1 aliphatic heterocycles. The first-order valence-electron chi connectivity index (χ1n) is 9.08. The van der Waals surface area contributed by atoms with Gasteiger partial charge in [-0.25, -0.2) is 13.9 Å². The average Bonchev–Trinajstić information content (AvgIpc) is 3.37. The van der Waals surface area contributed by atoms with Crippen LogP contribution in [0.3, 0.4) is 0 Å². The van der Waals surface area contributed by atoms with Crippen LogP contribution in [0, 0.1) is 9.54 Å². The third kappa shape index (κ3) is 2.29. The first-order chi connectivity index (χ1) is 13.7. The molecule has 0 radical (unpaired) electrons. The molecule has 7 nitrogen and oxygen atoms in total. The summed E-state index contributed by atoms with van der Waals surface area (Å²) in [6.45, 7) is 3.14. The van der Waals surface area contributed by atoms with Crippen molar-refractivity contribution in [1.82, 2.24) is 29.2 Å². The van der Waals surface area contributed by atoms with Gasteiger partial charge in [0.25, 0.3) is 0 Å². The largest absolute Gasteiger partial charge is 0.326 e. The lowest BCUT2D eigenvalue weighted by atomic mass is 10.0. The van der Waals surface area contributed by atoms with E-state index in [1.165, 1.54) is 16.0 Å². The van der Waals surface area contributed by atoms with E-state index >= 15 is 0 Å². The first kappa shape index (κ1) is 16.5. The van der Waals surface area contributed by atoms with Crippen LogP contribution < -0.4 is 4.90 Å². The Labute approximate surface area is 173 Å². The summed E-state index contributed by atoms with van der Waals surface area (Å²) in [5.74, 6) is 0.679. The summed E-state index contributed by atoms with van der Waals surface area (Å²) in [6, 6.07) is 10.7. The Hall–Kier alpha value is -2.40. The standard InChI is InChI=1S/C18H15N7S3/c26-17-21-19-14-13-11-6-7-23(8-10-4-2-1-3-5-10)9-12(11)28-15(13)25-16(24(14)17)20-22-18(25)27/h1-5H,6-9H2,(H,21,26)(H,22,27)/p+1. The molecule has 10 heteroatoms. The summed E-state index contributed by atoms with van der Waals surface area (Å²) < 4.78 is 4.98. The van der Waals surface area contributed by atoms with Crippen molar-refractivity contribution in [1.29, 1.82) is 0 Å². The quantitative estimate of drug-likeness (QED) is 0.379. The minimum absolute atomic E-state index is 0.531. The Morgan fingerprint density at radius 1 is 1.07 bits per heavy atom. The van der Waals surface area contributed by atoms with Crippen LogP contribution in [-0.2, 0) is 19.5 Å². The Morgan fingerprint density at radius 2 is 1.86 bits per heavy atom. The second kappa shape index (κ2) is 6.05. The molecule has 1 atom stereocenters. The smallest absolute Gasteiger partial charge is 0.243 e. The van der Waals surface area contributed by atoms with Crippen molar-refractivity contribution < 1.29 is 4.90 Å². The molecule has 0 amide bonds. The monoisotopic (exact) mass is 426 g/mol. The lowest BCUT2D eigenvalue weighted by molar-refractivity contribution is -0.929. The zero-order chi connectivity index (χ0) is 18.8. The van der Waals surface area contributed by atoms with Crippen LogP contribution in [0.15, 0.2) is 30.3 Å². The molecule has 1 unspecified atom stereocenters. The van der Waals surface area contributed by atoms with Gasteiger partial charge in [-0.15, -0.1) is 16.4 Å². The van der Waals surface area contributed by atoms with E-state index in [2.05, 4.69) is 50.7 Å². The Kier molecular flexibility index (Phi) is 3.57. The zero-order valence-corrected chi connectivity index (χ0v) is 17.2. The third-order valence-corrected chi connectivity index (χ3v) is 7.23. The molecule has 1 aliphatic rings. The maximum atomic E-state index is 5.51. The van der Waals surface area contributed by atoms with Crippen molar-refractivity contribution >= 4 is 57.4 Å². The van der Waals surface area contributed by atoms with Crippen LogP contribution in [-0.4, -0.2) is 35.7 Å². The Bertz CT molecular complexity index is 1470. The van der Waals surface area contributed by atoms with Crippen LogP contribution >= 0.6 is 35.8 Å². The normalized spacial score (nSPS) is 16.9. The van der Waals surface area contributed by atoms with Crippen molar-refractivity contribution in [2.45, 2.75) is 19.5 Å². The summed E-state index contributed by atoms with van der Waals surface area (Å²) in [4.78, 5) is 4.08. The average molecular weight is 427 g/mol. The van der Waals surface area contributed by atoms with Gasteiger partial charge in [0.15, 0.2) is 5.65 Å².